The van der Waals surface area contributed by atoms with Gasteiger partial charge in [-0.2, -0.15) is 5.26 Å². The third kappa shape index (κ3) is 3.12. The maximum Gasteiger partial charge on any atom is 0.253 e. The molecule has 1 amide bonds. The lowest BCUT2D eigenvalue weighted by molar-refractivity contribution is 0.0827. The van der Waals surface area contributed by atoms with Crippen LogP contribution in [-0.4, -0.2) is 35.7 Å². The molecular weight excluding hydrogens is 318 g/mol. The number of hydrogen-bond acceptors (Lipinski definition) is 5. The first-order chi connectivity index (χ1) is 12.0. The van der Waals surface area contributed by atoms with Gasteiger partial charge in [-0.05, 0) is 24.3 Å². The third-order valence-electron chi connectivity index (χ3n) is 3.75. The lowest BCUT2D eigenvalue weighted by atomic mass is 9.97. The molecule has 124 valence electrons. The Bertz CT molecular complexity index is 965. The fraction of sp³-hybridized carbons (Fsp3) is 0.158. The predicted molar refractivity (Wildman–Crippen MR) is 91.2 cm³/mol. The van der Waals surface area contributed by atoms with Crippen molar-refractivity contribution in [3.63, 3.8) is 0 Å². The summed E-state index contributed by atoms with van der Waals surface area (Å²) in [5, 5.41) is 9.46. The molecule has 25 heavy (non-hydrogen) atoms. The molecule has 0 aliphatic heterocycles. The van der Waals surface area contributed by atoms with Crippen molar-refractivity contribution < 1.29 is 14.0 Å². The summed E-state index contributed by atoms with van der Waals surface area (Å²) in [7, 11) is 3.26. The van der Waals surface area contributed by atoms with Gasteiger partial charge in [0.2, 0.25) is 5.89 Å². The van der Waals surface area contributed by atoms with Gasteiger partial charge in [-0.1, -0.05) is 24.3 Å². The van der Waals surface area contributed by atoms with Gasteiger partial charge < -0.3 is 9.32 Å². The van der Waals surface area contributed by atoms with E-state index in [1.165, 1.54) is 11.0 Å². The van der Waals surface area contributed by atoms with Crippen LogP contribution in [0.4, 0.5) is 0 Å². The summed E-state index contributed by atoms with van der Waals surface area (Å²) in [5.41, 5.74) is 1.75. The number of ketones is 1. The first kappa shape index (κ1) is 16.4. The van der Waals surface area contributed by atoms with E-state index in [0.29, 0.717) is 16.7 Å². The van der Waals surface area contributed by atoms with Crippen molar-refractivity contribution in [1.29, 1.82) is 5.26 Å². The number of amides is 1. The summed E-state index contributed by atoms with van der Waals surface area (Å²) in [5.74, 6) is -1.79. The van der Waals surface area contributed by atoms with Crippen LogP contribution in [0.5, 0.6) is 0 Å². The highest BCUT2D eigenvalue weighted by molar-refractivity contribution is 6.04. The number of carbonyl (C=O) groups is 2. The van der Waals surface area contributed by atoms with E-state index in [9.17, 15) is 14.9 Å². The Hall–Kier alpha value is -3.46. The van der Waals surface area contributed by atoms with E-state index in [0.717, 1.165) is 0 Å². The number of nitriles is 1. The van der Waals surface area contributed by atoms with Gasteiger partial charge in [0.15, 0.2) is 17.3 Å². The van der Waals surface area contributed by atoms with Crippen LogP contribution in [0.1, 0.15) is 32.5 Å². The number of oxazole rings is 1. The van der Waals surface area contributed by atoms with Gasteiger partial charge >= 0.3 is 0 Å². The molecule has 6 nitrogen and oxygen atoms in total. The van der Waals surface area contributed by atoms with Crippen molar-refractivity contribution >= 4 is 22.8 Å². The fourth-order valence-electron chi connectivity index (χ4n) is 2.47. The highest BCUT2D eigenvalue weighted by Gasteiger charge is 2.27. The number of carbonyl (C=O) groups excluding carboxylic acids is 2. The summed E-state index contributed by atoms with van der Waals surface area (Å²) < 4.78 is 5.55. The van der Waals surface area contributed by atoms with Crippen LogP contribution in [0.25, 0.3) is 11.1 Å². The van der Waals surface area contributed by atoms with Crippen LogP contribution < -0.4 is 0 Å². The molecule has 1 heterocycles. The van der Waals surface area contributed by atoms with E-state index in [4.69, 9.17) is 4.42 Å². The van der Waals surface area contributed by atoms with Crippen molar-refractivity contribution in [2.24, 2.45) is 0 Å². The minimum atomic E-state index is -1.17. The first-order valence-corrected chi connectivity index (χ1v) is 7.62. The molecule has 3 rings (SSSR count). The average molecular weight is 333 g/mol. The summed E-state index contributed by atoms with van der Waals surface area (Å²) in [6.45, 7) is 0. The molecule has 0 spiro atoms. The molecule has 0 saturated carbocycles. The molecule has 0 fully saturated rings. The van der Waals surface area contributed by atoms with Gasteiger partial charge in [-0.3, -0.25) is 9.59 Å². The number of fused-ring (bicyclic) bond motifs is 1. The number of nitrogens with zero attached hydrogens (tertiary/aromatic N) is 3. The first-order valence-electron chi connectivity index (χ1n) is 7.62. The maximum atomic E-state index is 12.8. The summed E-state index contributed by atoms with van der Waals surface area (Å²) in [6, 6.07) is 15.3. The Morgan fingerprint density at radius 3 is 2.52 bits per heavy atom. The van der Waals surface area contributed by atoms with Gasteiger partial charge in [0.05, 0.1) is 6.07 Å². The van der Waals surface area contributed by atoms with Gasteiger partial charge in [0.25, 0.3) is 5.91 Å². The van der Waals surface area contributed by atoms with E-state index in [1.54, 1.807) is 56.6 Å². The number of benzene rings is 2. The number of aromatic nitrogens is 1. The lowest BCUT2D eigenvalue weighted by Gasteiger charge is -2.11. The zero-order valence-electron chi connectivity index (χ0n) is 13.8. The number of hydrogen-bond donors (Lipinski definition) is 0. The molecule has 1 aromatic heterocycles. The fourth-order valence-corrected chi connectivity index (χ4v) is 2.47. The number of para-hydroxylation sites is 2. The van der Waals surface area contributed by atoms with E-state index >= 15 is 0 Å². The topological polar surface area (TPSA) is 87.2 Å². The predicted octanol–water partition coefficient (Wildman–Crippen LogP) is 3.02. The Balaban J connectivity index is 1.97. The monoisotopic (exact) mass is 333 g/mol. The zero-order valence-corrected chi connectivity index (χ0v) is 13.8. The molecule has 1 atom stereocenters. The average Bonchev–Trinajstić information content (AvgIpc) is 3.05. The summed E-state index contributed by atoms with van der Waals surface area (Å²) in [4.78, 5) is 30.5. The summed E-state index contributed by atoms with van der Waals surface area (Å²) in [6.07, 6.45) is 0. The van der Waals surface area contributed by atoms with Gasteiger partial charge in [-0.15, -0.1) is 0 Å². The normalized spacial score (nSPS) is 11.7. The van der Waals surface area contributed by atoms with E-state index in [-0.39, 0.29) is 17.4 Å². The van der Waals surface area contributed by atoms with Crippen LogP contribution >= 0.6 is 0 Å². The van der Waals surface area contributed by atoms with E-state index in [1.807, 2.05) is 6.07 Å². The Labute approximate surface area is 144 Å². The van der Waals surface area contributed by atoms with Crippen molar-refractivity contribution in [3.05, 3.63) is 65.5 Å². The highest BCUT2D eigenvalue weighted by atomic mass is 16.3. The van der Waals surface area contributed by atoms with Crippen LogP contribution in [0.3, 0.4) is 0 Å². The Morgan fingerprint density at radius 2 is 1.84 bits per heavy atom. The molecule has 0 bridgehead atoms. The van der Waals surface area contributed by atoms with E-state index in [2.05, 4.69) is 4.98 Å². The maximum absolute atomic E-state index is 12.8. The molecule has 2 aromatic carbocycles. The van der Waals surface area contributed by atoms with Crippen LogP contribution in [-0.2, 0) is 0 Å². The quantitative estimate of drug-likeness (QED) is 0.685. The summed E-state index contributed by atoms with van der Waals surface area (Å²) >= 11 is 0. The Morgan fingerprint density at radius 1 is 1.12 bits per heavy atom. The third-order valence-corrected chi connectivity index (χ3v) is 3.75. The van der Waals surface area contributed by atoms with Crippen molar-refractivity contribution in [2.45, 2.75) is 5.92 Å². The SMILES string of the molecule is CN(C)C(=O)c1cccc(C(=O)C(C#N)c2nc3ccccc3o2)c1. The molecule has 0 N–H and O–H groups in total. The van der Waals surface area contributed by atoms with Gasteiger partial charge in [0.1, 0.15) is 5.52 Å². The molecule has 0 saturated heterocycles. The molecule has 3 aromatic rings. The minimum absolute atomic E-state index is 0.0537. The second-order valence-electron chi connectivity index (χ2n) is 5.73. The smallest absolute Gasteiger partial charge is 0.253 e. The van der Waals surface area contributed by atoms with Crippen LogP contribution in [0.2, 0.25) is 0 Å². The number of rotatable bonds is 4. The van der Waals surface area contributed by atoms with Crippen LogP contribution in [0, 0.1) is 11.3 Å². The van der Waals surface area contributed by atoms with Crippen molar-refractivity contribution in [1.82, 2.24) is 9.88 Å². The molecule has 0 aliphatic carbocycles. The Kier molecular flexibility index (Phi) is 4.31. The molecule has 6 heteroatoms. The van der Waals surface area contributed by atoms with Gasteiger partial charge in [-0.25, -0.2) is 4.98 Å². The zero-order chi connectivity index (χ0) is 18.0. The molecule has 1 unspecified atom stereocenters. The highest BCUT2D eigenvalue weighted by Crippen LogP contribution is 2.24. The van der Waals surface area contributed by atoms with Crippen LogP contribution in [0.15, 0.2) is 52.9 Å². The minimum Gasteiger partial charge on any atom is -0.439 e. The van der Waals surface area contributed by atoms with Crippen molar-refractivity contribution in [2.75, 3.05) is 14.1 Å². The molecule has 0 radical (unpaired) electrons. The number of Topliss-reactive ketones (excluding diaryl/α,β-unsaturated/α-hetero) is 1. The van der Waals surface area contributed by atoms with E-state index < -0.39 is 11.7 Å². The molecular formula is C19H15N3O3. The van der Waals surface area contributed by atoms with Crippen molar-refractivity contribution in [3.8, 4) is 6.07 Å². The second-order valence-corrected chi connectivity index (χ2v) is 5.73. The molecule has 0 aliphatic rings. The van der Waals surface area contributed by atoms with Gasteiger partial charge in [0, 0.05) is 25.2 Å². The standard InChI is InChI=1S/C19H15N3O3/c1-22(2)19(24)13-7-5-6-12(10-13)17(23)14(11-20)18-21-15-8-3-4-9-16(15)25-18/h3-10,14H,1-2H3. The second kappa shape index (κ2) is 6.57. The lowest BCUT2D eigenvalue weighted by Crippen LogP contribution is -2.22. The largest absolute Gasteiger partial charge is 0.439 e.